The standard InChI is InChI=1S/C21H20FN3O3S/c1-4-11-25-20(14-5-8-16(22)9-6-14)23-24-21(25)29-13-17(26)15-7-10-18(27-2)19(12-15)28-3/h4-10,12H,1,11,13H2,2-3H3. The van der Waals surface area contributed by atoms with Gasteiger partial charge in [0, 0.05) is 17.7 Å². The second kappa shape index (κ2) is 9.38. The zero-order valence-electron chi connectivity index (χ0n) is 16.1. The van der Waals surface area contributed by atoms with Crippen molar-refractivity contribution in [3.63, 3.8) is 0 Å². The van der Waals surface area contributed by atoms with E-state index in [2.05, 4.69) is 16.8 Å². The van der Waals surface area contributed by atoms with Crippen LogP contribution in [0.3, 0.4) is 0 Å². The molecule has 0 amide bonds. The predicted molar refractivity (Wildman–Crippen MR) is 110 cm³/mol. The molecule has 0 aliphatic rings. The van der Waals surface area contributed by atoms with Crippen molar-refractivity contribution in [2.45, 2.75) is 11.7 Å². The van der Waals surface area contributed by atoms with Gasteiger partial charge in [0.05, 0.1) is 20.0 Å². The maximum absolute atomic E-state index is 13.2. The Kier molecular flexibility index (Phi) is 6.66. The first-order valence-corrected chi connectivity index (χ1v) is 9.74. The molecule has 0 bridgehead atoms. The van der Waals surface area contributed by atoms with Gasteiger partial charge in [-0.1, -0.05) is 17.8 Å². The van der Waals surface area contributed by atoms with Gasteiger partial charge in [0.25, 0.3) is 0 Å². The first-order valence-electron chi connectivity index (χ1n) is 8.75. The smallest absolute Gasteiger partial charge is 0.192 e. The molecule has 0 aliphatic heterocycles. The monoisotopic (exact) mass is 413 g/mol. The molecule has 150 valence electrons. The molecule has 0 atom stereocenters. The highest BCUT2D eigenvalue weighted by atomic mass is 32.2. The third kappa shape index (κ3) is 4.65. The van der Waals surface area contributed by atoms with Crippen molar-refractivity contribution in [3.8, 4) is 22.9 Å². The Hall–Kier alpha value is -3.13. The van der Waals surface area contributed by atoms with Crippen LogP contribution < -0.4 is 9.47 Å². The Bertz CT molecular complexity index is 1020. The van der Waals surface area contributed by atoms with Crippen LogP contribution in [0.25, 0.3) is 11.4 Å². The summed E-state index contributed by atoms with van der Waals surface area (Å²) in [5.74, 6) is 1.42. The minimum absolute atomic E-state index is 0.0764. The number of thioether (sulfide) groups is 1. The zero-order valence-corrected chi connectivity index (χ0v) is 16.9. The summed E-state index contributed by atoms with van der Waals surface area (Å²) in [7, 11) is 3.07. The zero-order chi connectivity index (χ0) is 20.8. The summed E-state index contributed by atoms with van der Waals surface area (Å²) in [6.07, 6.45) is 1.72. The fraction of sp³-hybridized carbons (Fsp3) is 0.190. The number of benzene rings is 2. The van der Waals surface area contributed by atoms with Crippen LogP contribution in [0.5, 0.6) is 11.5 Å². The highest BCUT2D eigenvalue weighted by Gasteiger charge is 2.17. The number of hydrogen-bond acceptors (Lipinski definition) is 6. The molecule has 0 fully saturated rings. The predicted octanol–water partition coefficient (Wildman–Crippen LogP) is 4.26. The lowest BCUT2D eigenvalue weighted by atomic mass is 10.1. The van der Waals surface area contributed by atoms with Crippen LogP contribution in [-0.4, -0.2) is 40.5 Å². The molecule has 6 nitrogen and oxygen atoms in total. The first kappa shape index (κ1) is 20.6. The van der Waals surface area contributed by atoms with Gasteiger partial charge in [0.1, 0.15) is 5.82 Å². The minimum atomic E-state index is -0.321. The topological polar surface area (TPSA) is 66.2 Å². The Morgan fingerprint density at radius 1 is 1.14 bits per heavy atom. The fourth-order valence-electron chi connectivity index (χ4n) is 2.72. The second-order valence-electron chi connectivity index (χ2n) is 5.99. The van der Waals surface area contributed by atoms with Gasteiger partial charge < -0.3 is 9.47 Å². The van der Waals surface area contributed by atoms with E-state index < -0.39 is 0 Å². The molecule has 2 aromatic carbocycles. The number of carbonyl (C=O) groups excluding carboxylic acids is 1. The molecule has 8 heteroatoms. The molecule has 29 heavy (non-hydrogen) atoms. The molecule has 3 rings (SSSR count). The van der Waals surface area contributed by atoms with Crippen molar-refractivity contribution in [1.82, 2.24) is 14.8 Å². The van der Waals surface area contributed by atoms with Crippen LogP contribution in [0.2, 0.25) is 0 Å². The number of methoxy groups -OCH3 is 2. The summed E-state index contributed by atoms with van der Waals surface area (Å²) in [5.41, 5.74) is 1.25. The van der Waals surface area contributed by atoms with E-state index in [1.54, 1.807) is 43.5 Å². The number of halogens is 1. The summed E-state index contributed by atoms with van der Waals surface area (Å²) in [4.78, 5) is 12.6. The van der Waals surface area contributed by atoms with E-state index in [9.17, 15) is 9.18 Å². The largest absolute Gasteiger partial charge is 0.493 e. The maximum atomic E-state index is 13.2. The highest BCUT2D eigenvalue weighted by Crippen LogP contribution is 2.29. The Morgan fingerprint density at radius 3 is 2.52 bits per heavy atom. The molecule has 0 unspecified atom stereocenters. The van der Waals surface area contributed by atoms with Crippen molar-refractivity contribution >= 4 is 17.5 Å². The Morgan fingerprint density at radius 2 is 1.86 bits per heavy atom. The molecule has 3 aromatic rings. The van der Waals surface area contributed by atoms with Gasteiger partial charge in [0.15, 0.2) is 28.3 Å². The van der Waals surface area contributed by atoms with Crippen molar-refractivity contribution in [1.29, 1.82) is 0 Å². The lowest BCUT2D eigenvalue weighted by molar-refractivity contribution is 0.102. The molecule has 1 aromatic heterocycles. The third-order valence-electron chi connectivity index (χ3n) is 4.17. The number of ketones is 1. The van der Waals surface area contributed by atoms with Crippen molar-refractivity contribution < 1.29 is 18.7 Å². The van der Waals surface area contributed by atoms with E-state index in [0.29, 0.717) is 34.6 Å². The van der Waals surface area contributed by atoms with E-state index in [4.69, 9.17) is 9.47 Å². The molecule has 0 spiro atoms. The molecule has 0 aliphatic carbocycles. The molecular weight excluding hydrogens is 393 g/mol. The van der Waals surface area contributed by atoms with Gasteiger partial charge in [-0.25, -0.2) is 4.39 Å². The summed E-state index contributed by atoms with van der Waals surface area (Å²) < 4.78 is 25.5. The van der Waals surface area contributed by atoms with Crippen LogP contribution >= 0.6 is 11.8 Å². The summed E-state index contributed by atoms with van der Waals surface area (Å²) >= 11 is 1.28. The average molecular weight is 413 g/mol. The molecule has 1 heterocycles. The van der Waals surface area contributed by atoms with E-state index in [1.165, 1.54) is 31.0 Å². The number of hydrogen-bond donors (Lipinski definition) is 0. The van der Waals surface area contributed by atoms with Gasteiger partial charge in [-0.3, -0.25) is 9.36 Å². The normalized spacial score (nSPS) is 10.6. The van der Waals surface area contributed by atoms with Crippen LogP contribution in [0, 0.1) is 5.82 Å². The van der Waals surface area contributed by atoms with Crippen LogP contribution in [0.15, 0.2) is 60.3 Å². The van der Waals surface area contributed by atoms with Crippen molar-refractivity contribution in [2.24, 2.45) is 0 Å². The molecule has 0 radical (unpaired) electrons. The number of carbonyl (C=O) groups is 1. The van der Waals surface area contributed by atoms with Crippen LogP contribution in [0.1, 0.15) is 10.4 Å². The SMILES string of the molecule is C=CCn1c(SCC(=O)c2ccc(OC)c(OC)c2)nnc1-c1ccc(F)cc1. The Labute approximate surface area is 172 Å². The maximum Gasteiger partial charge on any atom is 0.192 e. The molecular formula is C21H20FN3O3S. The first-order chi connectivity index (χ1) is 14.1. The van der Waals surface area contributed by atoms with Crippen LogP contribution in [-0.2, 0) is 6.54 Å². The molecule has 0 saturated heterocycles. The van der Waals surface area contributed by atoms with Crippen LogP contribution in [0.4, 0.5) is 4.39 Å². The van der Waals surface area contributed by atoms with E-state index >= 15 is 0 Å². The van der Waals surface area contributed by atoms with E-state index in [-0.39, 0.29) is 17.4 Å². The number of rotatable bonds is 9. The van der Waals surface area contributed by atoms with Gasteiger partial charge in [-0.05, 0) is 42.5 Å². The molecule has 0 saturated carbocycles. The summed E-state index contributed by atoms with van der Waals surface area (Å²) in [5, 5.41) is 8.99. The summed E-state index contributed by atoms with van der Waals surface area (Å²) in [6, 6.07) is 11.1. The second-order valence-corrected chi connectivity index (χ2v) is 6.94. The van der Waals surface area contributed by atoms with Crippen molar-refractivity contribution in [2.75, 3.05) is 20.0 Å². The number of allylic oxidation sites excluding steroid dienone is 1. The minimum Gasteiger partial charge on any atom is -0.493 e. The van der Waals surface area contributed by atoms with Crippen molar-refractivity contribution in [3.05, 3.63) is 66.5 Å². The van der Waals surface area contributed by atoms with Gasteiger partial charge in [-0.2, -0.15) is 0 Å². The molecule has 0 N–H and O–H groups in total. The third-order valence-corrected chi connectivity index (χ3v) is 5.14. The lowest BCUT2D eigenvalue weighted by Gasteiger charge is -2.09. The number of ether oxygens (including phenoxy) is 2. The average Bonchev–Trinajstić information content (AvgIpc) is 3.14. The van der Waals surface area contributed by atoms with E-state index in [0.717, 1.165) is 5.56 Å². The fourth-order valence-corrected chi connectivity index (χ4v) is 3.57. The van der Waals surface area contributed by atoms with Gasteiger partial charge in [0.2, 0.25) is 0 Å². The Balaban J connectivity index is 1.79. The number of Topliss-reactive ketones (excluding diaryl/α,β-unsaturated/α-hetero) is 1. The number of nitrogens with zero attached hydrogens (tertiary/aromatic N) is 3. The van der Waals surface area contributed by atoms with E-state index in [1.807, 2.05) is 4.57 Å². The summed E-state index contributed by atoms with van der Waals surface area (Å²) in [6.45, 7) is 4.23. The highest BCUT2D eigenvalue weighted by molar-refractivity contribution is 7.99. The van der Waals surface area contributed by atoms with Gasteiger partial charge in [-0.15, -0.1) is 16.8 Å². The quantitative estimate of drug-likeness (QED) is 0.297. The lowest BCUT2D eigenvalue weighted by Crippen LogP contribution is -2.06. The number of aromatic nitrogens is 3. The van der Waals surface area contributed by atoms with Gasteiger partial charge >= 0.3 is 0 Å².